The van der Waals surface area contributed by atoms with Gasteiger partial charge < -0.3 is 9.84 Å². The Labute approximate surface area is 89.5 Å². The minimum absolute atomic E-state index is 0.341. The Morgan fingerprint density at radius 1 is 1.38 bits per heavy atom. The first-order chi connectivity index (χ1) is 7.39. The van der Waals surface area contributed by atoms with Crippen molar-refractivity contribution in [2.45, 2.75) is 5.92 Å². The van der Waals surface area contributed by atoms with Gasteiger partial charge in [0.2, 0.25) is 5.78 Å². The van der Waals surface area contributed by atoms with Crippen LogP contribution < -0.4 is 0 Å². The lowest BCUT2D eigenvalue weighted by molar-refractivity contribution is -0.161. The van der Waals surface area contributed by atoms with Crippen LogP contribution >= 0.6 is 0 Å². The summed E-state index contributed by atoms with van der Waals surface area (Å²) < 4.78 is 30.1. The summed E-state index contributed by atoms with van der Waals surface area (Å²) in [6.45, 7) is 0. The van der Waals surface area contributed by atoms with E-state index in [1.807, 2.05) is 0 Å². The number of hydrogen-bond acceptors (Lipinski definition) is 4. The minimum Gasteiger partial charge on any atom is -0.508 e. The molecule has 4 nitrogen and oxygen atoms in total. The molecule has 0 fully saturated rings. The van der Waals surface area contributed by atoms with E-state index in [1.165, 1.54) is 12.1 Å². The molecule has 0 aliphatic rings. The predicted molar refractivity (Wildman–Crippen MR) is 49.4 cm³/mol. The number of methoxy groups -OCH3 is 1. The zero-order chi connectivity index (χ0) is 12.3. The Balaban J connectivity index is 3.07. The summed E-state index contributed by atoms with van der Waals surface area (Å²) in [4.78, 5) is 21.9. The number of carbonyl (C=O) groups is 2. The monoisotopic (exact) mass is 230 g/mol. The Hall–Kier alpha value is -1.98. The van der Waals surface area contributed by atoms with Crippen molar-refractivity contribution >= 4 is 11.8 Å². The van der Waals surface area contributed by atoms with Crippen molar-refractivity contribution in [1.29, 1.82) is 0 Å². The van der Waals surface area contributed by atoms with Crippen LogP contribution in [0.15, 0.2) is 24.3 Å². The molecule has 1 N–H and O–H groups in total. The van der Waals surface area contributed by atoms with Gasteiger partial charge in [0, 0.05) is 5.56 Å². The van der Waals surface area contributed by atoms with E-state index in [1.54, 1.807) is 0 Å². The van der Waals surface area contributed by atoms with Gasteiger partial charge in [-0.1, -0.05) is 12.1 Å². The van der Waals surface area contributed by atoms with Gasteiger partial charge in [0.25, 0.3) is 0 Å². The standard InChI is InChI=1S/C10H8F2O4/c1-16-9(15)10(11,12)8(14)6-3-2-4-7(13)5-6/h2-5,13H,1H3. The number of phenolic OH excluding ortho intramolecular Hbond substituents is 1. The van der Waals surface area contributed by atoms with Gasteiger partial charge in [-0.05, 0) is 12.1 Å². The van der Waals surface area contributed by atoms with Crippen LogP contribution in [0.5, 0.6) is 5.75 Å². The topological polar surface area (TPSA) is 63.6 Å². The second-order valence-electron chi connectivity index (χ2n) is 2.95. The maximum atomic E-state index is 13.1. The molecule has 0 unspecified atom stereocenters. The van der Waals surface area contributed by atoms with Gasteiger partial charge in [-0.15, -0.1) is 0 Å². The number of aromatic hydroxyl groups is 1. The number of alkyl halides is 2. The van der Waals surface area contributed by atoms with Crippen LogP contribution in [0, 0.1) is 0 Å². The van der Waals surface area contributed by atoms with Gasteiger partial charge in [-0.3, -0.25) is 4.79 Å². The van der Waals surface area contributed by atoms with Crippen LogP contribution in [0.3, 0.4) is 0 Å². The quantitative estimate of drug-likeness (QED) is 0.484. The molecule has 0 radical (unpaired) electrons. The van der Waals surface area contributed by atoms with Crippen molar-refractivity contribution in [2.24, 2.45) is 0 Å². The largest absolute Gasteiger partial charge is 0.508 e. The number of Topliss-reactive ketones (excluding diaryl/α,β-unsaturated/α-hetero) is 1. The number of hydrogen-bond donors (Lipinski definition) is 1. The van der Waals surface area contributed by atoms with Crippen LogP contribution in [0.25, 0.3) is 0 Å². The Kier molecular flexibility index (Phi) is 3.22. The second-order valence-corrected chi connectivity index (χ2v) is 2.95. The fraction of sp³-hybridized carbons (Fsp3) is 0.200. The van der Waals surface area contributed by atoms with Crippen LogP contribution in [-0.4, -0.2) is 29.9 Å². The summed E-state index contributed by atoms with van der Waals surface area (Å²) in [6.07, 6.45) is 0. The normalized spacial score (nSPS) is 10.9. The third-order valence-corrected chi connectivity index (χ3v) is 1.84. The molecule has 0 aliphatic carbocycles. The highest BCUT2D eigenvalue weighted by molar-refractivity contribution is 6.13. The van der Waals surface area contributed by atoms with Crippen molar-refractivity contribution in [1.82, 2.24) is 0 Å². The van der Waals surface area contributed by atoms with E-state index in [0.717, 1.165) is 19.2 Å². The summed E-state index contributed by atoms with van der Waals surface area (Å²) in [5.74, 6) is -8.23. The molecule has 0 aliphatic heterocycles. The van der Waals surface area contributed by atoms with E-state index in [9.17, 15) is 18.4 Å². The molecule has 6 heteroatoms. The fourth-order valence-electron chi connectivity index (χ4n) is 1.05. The number of carbonyl (C=O) groups excluding carboxylic acids is 2. The Morgan fingerprint density at radius 3 is 2.50 bits per heavy atom. The molecule has 86 valence electrons. The van der Waals surface area contributed by atoms with Gasteiger partial charge in [0.05, 0.1) is 7.11 Å². The Morgan fingerprint density at radius 2 is 2.00 bits per heavy atom. The lowest BCUT2D eigenvalue weighted by atomic mass is 10.1. The van der Waals surface area contributed by atoms with E-state index in [-0.39, 0.29) is 5.75 Å². The van der Waals surface area contributed by atoms with E-state index >= 15 is 0 Å². The summed E-state index contributed by atoms with van der Waals surface area (Å²) in [7, 11) is 0.756. The summed E-state index contributed by atoms with van der Waals surface area (Å²) in [5, 5.41) is 9.01. The molecule has 1 aromatic rings. The molecule has 0 saturated carbocycles. The molecule has 0 atom stereocenters. The van der Waals surface area contributed by atoms with Crippen LogP contribution in [-0.2, 0) is 9.53 Å². The minimum atomic E-state index is -4.25. The van der Waals surface area contributed by atoms with E-state index in [2.05, 4.69) is 4.74 Å². The summed E-state index contributed by atoms with van der Waals surface area (Å²) in [6, 6.07) is 4.35. The van der Waals surface area contributed by atoms with Crippen molar-refractivity contribution in [3.63, 3.8) is 0 Å². The molecule has 0 spiro atoms. The first kappa shape index (κ1) is 12.1. The lowest BCUT2D eigenvalue weighted by Crippen LogP contribution is -2.38. The van der Waals surface area contributed by atoms with Crippen LogP contribution in [0.4, 0.5) is 8.78 Å². The number of phenols is 1. The average Bonchev–Trinajstić information content (AvgIpc) is 2.26. The Bertz CT molecular complexity index is 429. The molecule has 1 rings (SSSR count). The number of esters is 1. The highest BCUT2D eigenvalue weighted by Crippen LogP contribution is 2.23. The molecule has 0 bridgehead atoms. The predicted octanol–water partition coefficient (Wildman–Crippen LogP) is 1.38. The van der Waals surface area contributed by atoms with Crippen molar-refractivity contribution in [3.05, 3.63) is 29.8 Å². The SMILES string of the molecule is COC(=O)C(F)(F)C(=O)c1cccc(O)c1. The number of ketones is 1. The van der Waals surface area contributed by atoms with Gasteiger partial charge in [0.15, 0.2) is 0 Å². The first-order valence-corrected chi connectivity index (χ1v) is 4.19. The number of halogens is 2. The second kappa shape index (κ2) is 4.26. The highest BCUT2D eigenvalue weighted by atomic mass is 19.3. The number of benzene rings is 1. The molecule has 0 aromatic heterocycles. The van der Waals surface area contributed by atoms with Gasteiger partial charge >= 0.3 is 11.9 Å². The fourth-order valence-corrected chi connectivity index (χ4v) is 1.05. The van der Waals surface area contributed by atoms with Crippen LogP contribution in [0.2, 0.25) is 0 Å². The smallest absolute Gasteiger partial charge is 0.404 e. The molecule has 1 aromatic carbocycles. The molecular weight excluding hydrogens is 222 g/mol. The zero-order valence-electron chi connectivity index (χ0n) is 8.24. The number of rotatable bonds is 3. The summed E-state index contributed by atoms with van der Waals surface area (Å²) in [5.41, 5.74) is -0.463. The lowest BCUT2D eigenvalue weighted by Gasteiger charge is -2.12. The maximum absolute atomic E-state index is 13.1. The summed E-state index contributed by atoms with van der Waals surface area (Å²) >= 11 is 0. The molecule has 0 heterocycles. The van der Waals surface area contributed by atoms with Crippen LogP contribution in [0.1, 0.15) is 10.4 Å². The zero-order valence-corrected chi connectivity index (χ0v) is 8.24. The molecular formula is C10H8F2O4. The number of ether oxygens (including phenoxy) is 1. The average molecular weight is 230 g/mol. The maximum Gasteiger partial charge on any atom is 0.404 e. The highest BCUT2D eigenvalue weighted by Gasteiger charge is 2.48. The van der Waals surface area contributed by atoms with Crippen molar-refractivity contribution in [3.8, 4) is 5.75 Å². The van der Waals surface area contributed by atoms with Gasteiger partial charge in [-0.25, -0.2) is 4.79 Å². The third kappa shape index (κ3) is 2.16. The molecule has 0 amide bonds. The first-order valence-electron chi connectivity index (χ1n) is 4.19. The molecule has 16 heavy (non-hydrogen) atoms. The van der Waals surface area contributed by atoms with E-state index in [4.69, 9.17) is 5.11 Å². The molecule has 0 saturated heterocycles. The van der Waals surface area contributed by atoms with E-state index in [0.29, 0.717) is 0 Å². The van der Waals surface area contributed by atoms with E-state index < -0.39 is 23.2 Å². The van der Waals surface area contributed by atoms with Crippen molar-refractivity contribution in [2.75, 3.05) is 7.11 Å². The third-order valence-electron chi connectivity index (χ3n) is 1.84. The van der Waals surface area contributed by atoms with Gasteiger partial charge in [0.1, 0.15) is 5.75 Å². The van der Waals surface area contributed by atoms with Gasteiger partial charge in [-0.2, -0.15) is 8.78 Å². The van der Waals surface area contributed by atoms with Crippen molar-refractivity contribution < 1.29 is 28.2 Å².